The van der Waals surface area contributed by atoms with Gasteiger partial charge in [-0.15, -0.1) is 0 Å². The third-order valence-electron chi connectivity index (χ3n) is 4.90. The fraction of sp³-hybridized carbons (Fsp3) is 0.0800. The van der Waals surface area contributed by atoms with Gasteiger partial charge >= 0.3 is 0 Å². The molecule has 0 N–H and O–H groups in total. The van der Waals surface area contributed by atoms with Gasteiger partial charge in [0, 0.05) is 35.1 Å². The Hall–Kier alpha value is -3.59. The van der Waals surface area contributed by atoms with Gasteiger partial charge < -0.3 is 0 Å². The van der Waals surface area contributed by atoms with E-state index in [9.17, 15) is 14.4 Å². The highest BCUT2D eigenvalue weighted by atomic mass is 16.1. The van der Waals surface area contributed by atoms with Gasteiger partial charge in [-0.1, -0.05) is 60.7 Å². The lowest BCUT2D eigenvalue weighted by Crippen LogP contribution is -2.12. The largest absolute Gasteiger partial charge is 0.289 e. The zero-order chi connectivity index (χ0) is 19.5. The molecule has 1 aliphatic rings. The van der Waals surface area contributed by atoms with Crippen LogP contribution in [-0.4, -0.2) is 11.6 Å². The highest BCUT2D eigenvalue weighted by molar-refractivity contribution is 6.22. The predicted molar refractivity (Wildman–Crippen MR) is 109 cm³/mol. The molecule has 3 aromatic carbocycles. The SMILES string of the molecule is O=C1C=CC(=O)c2cc(Cc3ccccc3)c(=O)c(Cc3ccccc3)cc21. The summed E-state index contributed by atoms with van der Waals surface area (Å²) in [6.07, 6.45) is 3.37. The van der Waals surface area contributed by atoms with Crippen LogP contribution in [-0.2, 0) is 12.8 Å². The summed E-state index contributed by atoms with van der Waals surface area (Å²) in [5.41, 5.74) is 3.49. The smallest absolute Gasteiger partial charge is 0.186 e. The van der Waals surface area contributed by atoms with Crippen LogP contribution in [0.4, 0.5) is 0 Å². The molecule has 3 nitrogen and oxygen atoms in total. The van der Waals surface area contributed by atoms with Crippen molar-refractivity contribution in [3.63, 3.8) is 0 Å². The van der Waals surface area contributed by atoms with Gasteiger partial charge in [-0.2, -0.15) is 0 Å². The molecule has 28 heavy (non-hydrogen) atoms. The number of hydrogen-bond donors (Lipinski definition) is 0. The van der Waals surface area contributed by atoms with Crippen LogP contribution >= 0.6 is 0 Å². The average molecular weight is 366 g/mol. The summed E-state index contributed by atoms with van der Waals surface area (Å²) in [6, 6.07) is 22.5. The van der Waals surface area contributed by atoms with Crippen LogP contribution < -0.4 is 5.43 Å². The van der Waals surface area contributed by atoms with Crippen LogP contribution in [0, 0.1) is 0 Å². The second-order valence-corrected chi connectivity index (χ2v) is 6.88. The Morgan fingerprint density at radius 1 is 0.536 bits per heavy atom. The number of allylic oxidation sites excluding steroid dienone is 2. The van der Waals surface area contributed by atoms with Crippen LogP contribution in [0.5, 0.6) is 0 Å². The van der Waals surface area contributed by atoms with Gasteiger partial charge in [0.25, 0.3) is 0 Å². The lowest BCUT2D eigenvalue weighted by molar-refractivity contribution is 0.0994. The maximum atomic E-state index is 13.3. The summed E-state index contributed by atoms with van der Waals surface area (Å²) in [5.74, 6) is -0.490. The van der Waals surface area contributed by atoms with Crippen molar-refractivity contribution in [2.75, 3.05) is 0 Å². The summed E-state index contributed by atoms with van der Waals surface area (Å²) in [4.78, 5) is 38.1. The molecule has 0 spiro atoms. The Balaban J connectivity index is 1.90. The van der Waals surface area contributed by atoms with Crippen molar-refractivity contribution in [2.45, 2.75) is 12.8 Å². The van der Waals surface area contributed by atoms with E-state index >= 15 is 0 Å². The first-order valence-electron chi connectivity index (χ1n) is 9.16. The molecular formula is C25H18O3. The van der Waals surface area contributed by atoms with E-state index in [-0.39, 0.29) is 17.0 Å². The zero-order valence-electron chi connectivity index (χ0n) is 15.2. The molecule has 0 aliphatic heterocycles. The van der Waals surface area contributed by atoms with Gasteiger partial charge in [0.1, 0.15) is 0 Å². The molecule has 0 atom stereocenters. The van der Waals surface area contributed by atoms with E-state index in [0.717, 1.165) is 11.1 Å². The van der Waals surface area contributed by atoms with Gasteiger partial charge in [0.2, 0.25) is 0 Å². The molecule has 3 aromatic rings. The molecule has 3 heteroatoms. The fourth-order valence-corrected chi connectivity index (χ4v) is 3.47. The average Bonchev–Trinajstić information content (AvgIpc) is 2.85. The van der Waals surface area contributed by atoms with E-state index in [4.69, 9.17) is 0 Å². The lowest BCUT2D eigenvalue weighted by atomic mass is 9.95. The van der Waals surface area contributed by atoms with Gasteiger partial charge in [0.05, 0.1) is 0 Å². The van der Waals surface area contributed by atoms with Crippen molar-refractivity contribution in [3.05, 3.63) is 129 Å². The Bertz CT molecular complexity index is 1050. The Morgan fingerprint density at radius 3 is 1.32 bits per heavy atom. The topological polar surface area (TPSA) is 51.2 Å². The summed E-state index contributed by atoms with van der Waals surface area (Å²) >= 11 is 0. The molecule has 4 rings (SSSR count). The molecule has 0 bridgehead atoms. The molecule has 0 amide bonds. The van der Waals surface area contributed by atoms with Gasteiger partial charge in [0.15, 0.2) is 17.0 Å². The van der Waals surface area contributed by atoms with Crippen molar-refractivity contribution in [3.8, 4) is 0 Å². The molecular weight excluding hydrogens is 348 g/mol. The van der Waals surface area contributed by atoms with Gasteiger partial charge in [-0.05, 0) is 35.4 Å². The molecule has 0 heterocycles. The number of carbonyl (C=O) groups is 2. The van der Waals surface area contributed by atoms with Crippen molar-refractivity contribution in [1.29, 1.82) is 0 Å². The fourth-order valence-electron chi connectivity index (χ4n) is 3.47. The first-order chi connectivity index (χ1) is 13.6. The number of benzene rings is 2. The van der Waals surface area contributed by atoms with Crippen LogP contribution in [0.15, 0.2) is 89.7 Å². The lowest BCUT2D eigenvalue weighted by Gasteiger charge is -2.06. The summed E-state index contributed by atoms with van der Waals surface area (Å²) < 4.78 is 0. The number of carbonyl (C=O) groups excluding carboxylic acids is 2. The monoisotopic (exact) mass is 366 g/mol. The quantitative estimate of drug-likeness (QED) is 0.697. The van der Waals surface area contributed by atoms with E-state index in [1.165, 1.54) is 12.2 Å². The van der Waals surface area contributed by atoms with Crippen LogP contribution in [0.25, 0.3) is 0 Å². The highest BCUT2D eigenvalue weighted by Gasteiger charge is 2.21. The van der Waals surface area contributed by atoms with Gasteiger partial charge in [-0.3, -0.25) is 14.4 Å². The maximum Gasteiger partial charge on any atom is 0.186 e. The molecule has 0 fully saturated rings. The van der Waals surface area contributed by atoms with Crippen LogP contribution in [0.1, 0.15) is 43.0 Å². The second kappa shape index (κ2) is 7.57. The third kappa shape index (κ3) is 3.60. The Labute approximate surface area is 163 Å². The molecule has 1 aliphatic carbocycles. The molecule has 0 saturated heterocycles. The number of fused-ring (bicyclic) bond motifs is 1. The van der Waals surface area contributed by atoms with Crippen LogP contribution in [0.3, 0.4) is 0 Å². The molecule has 0 saturated carbocycles. The number of rotatable bonds is 4. The van der Waals surface area contributed by atoms with E-state index in [0.29, 0.717) is 35.1 Å². The third-order valence-corrected chi connectivity index (χ3v) is 4.90. The second-order valence-electron chi connectivity index (χ2n) is 6.88. The Kier molecular flexibility index (Phi) is 4.81. The van der Waals surface area contributed by atoms with Crippen LogP contribution in [0.2, 0.25) is 0 Å². The number of hydrogen-bond acceptors (Lipinski definition) is 3. The first kappa shape index (κ1) is 17.8. The van der Waals surface area contributed by atoms with Crippen molar-refractivity contribution >= 4 is 11.6 Å². The Morgan fingerprint density at radius 2 is 0.929 bits per heavy atom. The predicted octanol–water partition coefficient (Wildman–Crippen LogP) is 4.16. The molecule has 0 unspecified atom stereocenters. The first-order valence-corrected chi connectivity index (χ1v) is 9.16. The minimum absolute atomic E-state index is 0.122. The maximum absolute atomic E-state index is 13.3. The van der Waals surface area contributed by atoms with Crippen molar-refractivity contribution in [1.82, 2.24) is 0 Å². The summed E-state index contributed by atoms with van der Waals surface area (Å²) in [7, 11) is 0. The van der Waals surface area contributed by atoms with Crippen molar-refractivity contribution in [2.24, 2.45) is 0 Å². The van der Waals surface area contributed by atoms with Crippen molar-refractivity contribution < 1.29 is 9.59 Å². The zero-order valence-corrected chi connectivity index (χ0v) is 15.2. The molecule has 136 valence electrons. The van der Waals surface area contributed by atoms with Gasteiger partial charge in [-0.25, -0.2) is 0 Å². The number of ketones is 2. The standard InChI is InChI=1S/C25H18O3/c26-23-11-12-24(27)22-16-20(14-18-9-5-2-6-10-18)25(28)19(15-21(22)23)13-17-7-3-1-4-8-17/h1-12,15-16H,13-14H2. The minimum Gasteiger partial charge on any atom is -0.289 e. The summed E-state index contributed by atoms with van der Waals surface area (Å²) in [5, 5.41) is 0. The minimum atomic E-state index is -0.245. The highest BCUT2D eigenvalue weighted by Crippen LogP contribution is 2.20. The van der Waals surface area contributed by atoms with E-state index < -0.39 is 0 Å². The summed E-state index contributed by atoms with van der Waals surface area (Å²) in [6.45, 7) is 0. The van der Waals surface area contributed by atoms with E-state index in [1.807, 2.05) is 60.7 Å². The molecule has 0 radical (unpaired) electrons. The normalized spacial score (nSPS) is 12.7. The van der Waals surface area contributed by atoms with E-state index in [1.54, 1.807) is 12.1 Å². The van der Waals surface area contributed by atoms with E-state index in [2.05, 4.69) is 0 Å². The molecule has 0 aromatic heterocycles.